The van der Waals surface area contributed by atoms with Crippen LogP contribution in [0, 0.1) is 6.92 Å². The maximum Gasteiger partial charge on any atom is 0.339 e. The van der Waals surface area contributed by atoms with Gasteiger partial charge in [0, 0.05) is 39.6 Å². The van der Waals surface area contributed by atoms with Crippen molar-refractivity contribution in [2.75, 3.05) is 12.4 Å². The lowest BCUT2D eigenvalue weighted by atomic mass is 10.0. The van der Waals surface area contributed by atoms with Gasteiger partial charge in [-0.2, -0.15) is 0 Å². The number of aryl methyl sites for hydroxylation is 1. The number of nitrogens with one attached hydrogen (secondary N) is 1. The number of anilines is 1. The van der Waals surface area contributed by atoms with E-state index in [1.165, 1.54) is 0 Å². The van der Waals surface area contributed by atoms with Gasteiger partial charge in [-0.25, -0.2) is 4.79 Å². The zero-order valence-electron chi connectivity index (χ0n) is 16.7. The van der Waals surface area contributed by atoms with Crippen LogP contribution in [0.5, 0.6) is 5.75 Å². The largest absolute Gasteiger partial charge is 0.497 e. The van der Waals surface area contributed by atoms with E-state index in [0.29, 0.717) is 23.3 Å². The summed E-state index contributed by atoms with van der Waals surface area (Å²) in [6.07, 6.45) is 0.495. The van der Waals surface area contributed by atoms with Crippen LogP contribution in [0.15, 0.2) is 69.2 Å². The number of thiophene rings is 1. The molecule has 1 N–H and O–H groups in total. The fourth-order valence-corrected chi connectivity index (χ4v) is 4.25. The molecule has 4 aromatic rings. The van der Waals surface area contributed by atoms with Crippen LogP contribution in [-0.4, -0.2) is 13.0 Å². The molecular weight excluding hydrogens is 398 g/mol. The van der Waals surface area contributed by atoms with Gasteiger partial charge >= 0.3 is 5.63 Å². The Balaban J connectivity index is 1.52. The second-order valence-electron chi connectivity index (χ2n) is 6.93. The molecule has 0 unspecified atom stereocenters. The van der Waals surface area contributed by atoms with E-state index in [1.54, 1.807) is 24.5 Å². The highest BCUT2D eigenvalue weighted by Gasteiger charge is 2.15. The van der Waals surface area contributed by atoms with Crippen LogP contribution in [0.2, 0.25) is 0 Å². The number of carbonyl (C=O) groups excluding carboxylic acids is 1. The Morgan fingerprint density at radius 2 is 1.97 bits per heavy atom. The molecule has 2 heterocycles. The maximum atomic E-state index is 12.6. The molecule has 0 fully saturated rings. The summed E-state index contributed by atoms with van der Waals surface area (Å²) in [6, 6.07) is 17.1. The van der Waals surface area contributed by atoms with E-state index in [-0.39, 0.29) is 12.3 Å². The zero-order chi connectivity index (χ0) is 21.1. The zero-order valence-corrected chi connectivity index (χ0v) is 17.5. The first-order chi connectivity index (χ1) is 14.6. The van der Waals surface area contributed by atoms with Crippen molar-refractivity contribution in [1.82, 2.24) is 0 Å². The van der Waals surface area contributed by atoms with E-state index in [1.807, 2.05) is 60.8 Å². The maximum absolute atomic E-state index is 12.6. The lowest BCUT2D eigenvalue weighted by Crippen LogP contribution is -2.17. The molecule has 6 heteroatoms. The molecule has 0 atom stereocenters. The monoisotopic (exact) mass is 419 g/mol. The van der Waals surface area contributed by atoms with E-state index >= 15 is 0 Å². The van der Waals surface area contributed by atoms with Crippen molar-refractivity contribution in [3.05, 3.63) is 81.5 Å². The summed E-state index contributed by atoms with van der Waals surface area (Å²) in [5.74, 6) is 0.481. The van der Waals surface area contributed by atoms with Crippen LogP contribution in [0.1, 0.15) is 17.5 Å². The Hall–Kier alpha value is -3.38. The van der Waals surface area contributed by atoms with Gasteiger partial charge in [0.15, 0.2) is 0 Å². The van der Waals surface area contributed by atoms with Gasteiger partial charge in [0.1, 0.15) is 11.3 Å². The minimum atomic E-state index is -0.417. The molecule has 0 bridgehead atoms. The number of methoxy groups -OCH3 is 1. The number of rotatable bonds is 6. The average Bonchev–Trinajstić information content (AvgIpc) is 3.28. The number of ether oxygens (including phenoxy) is 1. The molecule has 1 amide bonds. The molecule has 0 aliphatic carbocycles. The molecule has 0 radical (unpaired) electrons. The molecule has 0 spiro atoms. The van der Waals surface area contributed by atoms with Gasteiger partial charge in [-0.1, -0.05) is 24.3 Å². The van der Waals surface area contributed by atoms with Crippen molar-refractivity contribution in [2.45, 2.75) is 19.8 Å². The van der Waals surface area contributed by atoms with Gasteiger partial charge in [0.2, 0.25) is 5.91 Å². The van der Waals surface area contributed by atoms with Crippen LogP contribution in [0.4, 0.5) is 5.69 Å². The topological polar surface area (TPSA) is 68.5 Å². The summed E-state index contributed by atoms with van der Waals surface area (Å²) in [5.41, 5.74) is 3.16. The standard InChI is InChI=1S/C24H21NO4S/c1-15-17-10-9-16(28-2)14-21(17)29-24(27)18(15)11-12-23(26)25-20-7-4-3-6-19(20)22-8-5-13-30-22/h3-10,13-14H,11-12H2,1-2H3,(H,25,26). The number of amides is 1. The highest BCUT2D eigenvalue weighted by Crippen LogP contribution is 2.31. The number of benzene rings is 2. The van der Waals surface area contributed by atoms with Crippen LogP contribution in [0.25, 0.3) is 21.4 Å². The summed E-state index contributed by atoms with van der Waals surface area (Å²) in [5, 5.41) is 5.83. The smallest absolute Gasteiger partial charge is 0.339 e. The highest BCUT2D eigenvalue weighted by molar-refractivity contribution is 7.13. The van der Waals surface area contributed by atoms with Crippen LogP contribution < -0.4 is 15.7 Å². The molecule has 30 heavy (non-hydrogen) atoms. The normalized spacial score (nSPS) is 10.9. The summed E-state index contributed by atoms with van der Waals surface area (Å²) >= 11 is 1.62. The average molecular weight is 420 g/mol. The van der Waals surface area contributed by atoms with Gasteiger partial charge in [-0.3, -0.25) is 4.79 Å². The predicted octanol–water partition coefficient (Wildman–Crippen LogP) is 5.41. The number of para-hydroxylation sites is 1. The molecule has 0 saturated carbocycles. The molecule has 5 nitrogen and oxygen atoms in total. The van der Waals surface area contributed by atoms with Gasteiger partial charge in [-0.15, -0.1) is 11.3 Å². The van der Waals surface area contributed by atoms with Crippen molar-refractivity contribution < 1.29 is 13.9 Å². The minimum absolute atomic E-state index is 0.146. The first-order valence-electron chi connectivity index (χ1n) is 9.60. The SMILES string of the molecule is COc1ccc2c(C)c(CCC(=O)Nc3ccccc3-c3cccs3)c(=O)oc2c1. The molecule has 4 rings (SSSR count). The first kappa shape index (κ1) is 19.9. The lowest BCUT2D eigenvalue weighted by molar-refractivity contribution is -0.116. The van der Waals surface area contributed by atoms with E-state index in [0.717, 1.165) is 27.1 Å². The van der Waals surface area contributed by atoms with E-state index in [4.69, 9.17) is 9.15 Å². The second-order valence-corrected chi connectivity index (χ2v) is 7.87. The van der Waals surface area contributed by atoms with Crippen molar-refractivity contribution >= 4 is 33.9 Å². The second kappa shape index (κ2) is 8.55. The molecule has 2 aromatic heterocycles. The van der Waals surface area contributed by atoms with Gasteiger partial charge in [-0.05, 0) is 48.6 Å². The third-order valence-electron chi connectivity index (χ3n) is 5.08. The van der Waals surface area contributed by atoms with E-state index < -0.39 is 5.63 Å². The summed E-state index contributed by atoms with van der Waals surface area (Å²) in [4.78, 5) is 26.2. The minimum Gasteiger partial charge on any atom is -0.497 e. The van der Waals surface area contributed by atoms with Crippen molar-refractivity contribution in [2.24, 2.45) is 0 Å². The van der Waals surface area contributed by atoms with Gasteiger partial charge in [0.25, 0.3) is 0 Å². The van der Waals surface area contributed by atoms with Crippen molar-refractivity contribution in [1.29, 1.82) is 0 Å². The Kier molecular flexibility index (Phi) is 5.68. The quantitative estimate of drug-likeness (QED) is 0.424. The fraction of sp³-hybridized carbons (Fsp3) is 0.167. The molecule has 2 aromatic carbocycles. The Morgan fingerprint density at radius 1 is 1.13 bits per heavy atom. The summed E-state index contributed by atoms with van der Waals surface area (Å²) in [6.45, 7) is 1.88. The third kappa shape index (κ3) is 4.00. The first-order valence-corrected chi connectivity index (χ1v) is 10.5. The van der Waals surface area contributed by atoms with Gasteiger partial charge < -0.3 is 14.5 Å². The summed E-state index contributed by atoms with van der Waals surface area (Å²) in [7, 11) is 1.57. The Labute approximate surface area is 177 Å². The number of fused-ring (bicyclic) bond motifs is 1. The third-order valence-corrected chi connectivity index (χ3v) is 5.99. The van der Waals surface area contributed by atoms with Gasteiger partial charge in [0.05, 0.1) is 7.11 Å². The molecule has 0 aliphatic rings. The summed E-state index contributed by atoms with van der Waals surface area (Å²) < 4.78 is 10.7. The van der Waals surface area contributed by atoms with Crippen LogP contribution in [-0.2, 0) is 11.2 Å². The lowest BCUT2D eigenvalue weighted by Gasteiger charge is -2.11. The van der Waals surface area contributed by atoms with Crippen LogP contribution in [0.3, 0.4) is 0 Å². The number of hydrogen-bond donors (Lipinski definition) is 1. The van der Waals surface area contributed by atoms with Crippen LogP contribution >= 0.6 is 11.3 Å². The fourth-order valence-electron chi connectivity index (χ4n) is 3.48. The highest BCUT2D eigenvalue weighted by atomic mass is 32.1. The van der Waals surface area contributed by atoms with E-state index in [2.05, 4.69) is 5.32 Å². The number of carbonyl (C=O) groups is 1. The predicted molar refractivity (Wildman–Crippen MR) is 120 cm³/mol. The van der Waals surface area contributed by atoms with Crippen molar-refractivity contribution in [3.63, 3.8) is 0 Å². The molecular formula is C24H21NO4S. The Bertz CT molecular complexity index is 1260. The molecule has 0 aliphatic heterocycles. The van der Waals surface area contributed by atoms with E-state index in [9.17, 15) is 9.59 Å². The Morgan fingerprint density at radius 3 is 2.73 bits per heavy atom. The number of hydrogen-bond acceptors (Lipinski definition) is 5. The molecule has 152 valence electrons. The molecule has 0 saturated heterocycles. The van der Waals surface area contributed by atoms with Crippen molar-refractivity contribution in [3.8, 4) is 16.2 Å².